The molecule has 1 N–H and O–H groups in total. The van der Waals surface area contributed by atoms with Gasteiger partial charge in [-0.2, -0.15) is 0 Å². The van der Waals surface area contributed by atoms with Gasteiger partial charge in [0.1, 0.15) is 11.2 Å². The van der Waals surface area contributed by atoms with Crippen LogP contribution in [0.5, 0.6) is 0 Å². The second-order valence-electron chi connectivity index (χ2n) is 5.62. The van der Waals surface area contributed by atoms with E-state index in [0.717, 1.165) is 31.2 Å². The van der Waals surface area contributed by atoms with Gasteiger partial charge in [-0.05, 0) is 44.2 Å². The lowest BCUT2D eigenvalue weighted by Crippen LogP contribution is -2.60. The van der Waals surface area contributed by atoms with Gasteiger partial charge in [-0.25, -0.2) is 0 Å². The summed E-state index contributed by atoms with van der Waals surface area (Å²) in [5.41, 5.74) is 0.683. The zero-order valence-electron chi connectivity index (χ0n) is 11.7. The van der Waals surface area contributed by atoms with E-state index in [1.165, 1.54) is 0 Å². The van der Waals surface area contributed by atoms with Crippen LogP contribution in [0.1, 0.15) is 41.7 Å². The van der Waals surface area contributed by atoms with Crippen LogP contribution in [0.4, 0.5) is 0 Å². The van der Waals surface area contributed by atoms with Crippen molar-refractivity contribution in [2.24, 2.45) is 0 Å². The highest BCUT2D eigenvalue weighted by Gasteiger charge is 2.50. The van der Waals surface area contributed by atoms with Crippen LogP contribution in [0.3, 0.4) is 0 Å². The molecule has 0 saturated carbocycles. The van der Waals surface area contributed by atoms with Gasteiger partial charge in [-0.3, -0.25) is 14.6 Å². The molecule has 0 radical (unpaired) electrons. The van der Waals surface area contributed by atoms with Crippen molar-refractivity contribution in [2.45, 2.75) is 38.1 Å². The van der Waals surface area contributed by atoms with Crippen LogP contribution in [0.2, 0.25) is 0 Å². The van der Waals surface area contributed by atoms with Crippen molar-refractivity contribution >= 4 is 11.8 Å². The molecule has 106 valence electrons. The van der Waals surface area contributed by atoms with Crippen molar-refractivity contribution in [3.63, 3.8) is 0 Å². The van der Waals surface area contributed by atoms with Gasteiger partial charge in [-0.1, -0.05) is 6.07 Å². The molecule has 3 rings (SSSR count). The molecule has 1 aromatic rings. The van der Waals surface area contributed by atoms with Gasteiger partial charge in [0.15, 0.2) is 0 Å². The number of likely N-dealkylation sites (tertiary alicyclic amines) is 1. The number of aromatic nitrogens is 1. The summed E-state index contributed by atoms with van der Waals surface area (Å²) in [5, 5.41) is 2.91. The molecule has 20 heavy (non-hydrogen) atoms. The summed E-state index contributed by atoms with van der Waals surface area (Å²) in [6, 6.07) is 3.70. The fourth-order valence-electron chi connectivity index (χ4n) is 3.37. The Labute approximate surface area is 118 Å². The minimum absolute atomic E-state index is 0.00295. The number of hydrogen-bond donors (Lipinski definition) is 1. The van der Waals surface area contributed by atoms with E-state index >= 15 is 0 Å². The second kappa shape index (κ2) is 4.89. The first kappa shape index (κ1) is 13.1. The van der Waals surface area contributed by atoms with Gasteiger partial charge >= 0.3 is 0 Å². The van der Waals surface area contributed by atoms with E-state index in [1.54, 1.807) is 11.1 Å². The fraction of sp³-hybridized carbons (Fsp3) is 0.533. The molecule has 5 nitrogen and oxygen atoms in total. The van der Waals surface area contributed by atoms with Crippen molar-refractivity contribution in [3.05, 3.63) is 29.6 Å². The zero-order valence-corrected chi connectivity index (χ0v) is 11.7. The summed E-state index contributed by atoms with van der Waals surface area (Å²) in [6.07, 6.45) is 4.96. The highest BCUT2D eigenvalue weighted by atomic mass is 16.2. The molecule has 3 heterocycles. The number of rotatable bonds is 1. The van der Waals surface area contributed by atoms with E-state index in [9.17, 15) is 9.59 Å². The normalized spacial score (nSPS) is 25.9. The molecule has 2 aliphatic heterocycles. The summed E-state index contributed by atoms with van der Waals surface area (Å²) >= 11 is 0. The second-order valence-corrected chi connectivity index (χ2v) is 5.62. The SMILES string of the molecule is Cc1cccnc1C(=O)N1CCCC12CCCNC2=O. The molecular weight excluding hydrogens is 254 g/mol. The van der Waals surface area contributed by atoms with Gasteiger partial charge in [0.2, 0.25) is 5.91 Å². The Kier molecular flexibility index (Phi) is 3.20. The van der Waals surface area contributed by atoms with Gasteiger partial charge in [0.25, 0.3) is 5.91 Å². The van der Waals surface area contributed by atoms with Crippen LogP contribution in [-0.4, -0.2) is 40.3 Å². The van der Waals surface area contributed by atoms with Crippen molar-refractivity contribution in [3.8, 4) is 0 Å². The van der Waals surface area contributed by atoms with Crippen molar-refractivity contribution in [2.75, 3.05) is 13.1 Å². The van der Waals surface area contributed by atoms with E-state index in [2.05, 4.69) is 10.3 Å². The highest BCUT2D eigenvalue weighted by molar-refractivity contribution is 5.99. The number of nitrogens with zero attached hydrogens (tertiary/aromatic N) is 2. The van der Waals surface area contributed by atoms with E-state index in [1.807, 2.05) is 19.1 Å². The van der Waals surface area contributed by atoms with Crippen molar-refractivity contribution < 1.29 is 9.59 Å². The Bertz CT molecular complexity index is 558. The van der Waals surface area contributed by atoms with Crippen molar-refractivity contribution in [1.29, 1.82) is 0 Å². The lowest BCUT2D eigenvalue weighted by Gasteiger charge is -2.40. The quantitative estimate of drug-likeness (QED) is 0.838. The first-order valence-electron chi connectivity index (χ1n) is 7.17. The molecular formula is C15H19N3O2. The van der Waals surface area contributed by atoms with E-state index in [0.29, 0.717) is 18.8 Å². The fourth-order valence-corrected chi connectivity index (χ4v) is 3.37. The molecule has 2 saturated heterocycles. The molecule has 5 heteroatoms. The Hall–Kier alpha value is -1.91. The topological polar surface area (TPSA) is 62.3 Å². The van der Waals surface area contributed by atoms with Crippen LogP contribution in [0.15, 0.2) is 18.3 Å². The van der Waals surface area contributed by atoms with E-state index < -0.39 is 5.54 Å². The molecule has 1 atom stereocenters. The van der Waals surface area contributed by atoms with Gasteiger partial charge in [0, 0.05) is 19.3 Å². The summed E-state index contributed by atoms with van der Waals surface area (Å²) in [5.74, 6) is -0.110. The molecule has 2 aliphatic rings. The summed E-state index contributed by atoms with van der Waals surface area (Å²) in [4.78, 5) is 31.0. The van der Waals surface area contributed by atoms with Crippen LogP contribution in [0.25, 0.3) is 0 Å². The minimum atomic E-state index is -0.640. The standard InChI is InChI=1S/C15H19N3O2/c1-11-5-2-8-16-12(11)13(19)18-10-4-7-15(18)6-3-9-17-14(15)20/h2,5,8H,3-4,6-7,9-10H2,1H3,(H,17,20). The number of piperidine rings is 1. The Balaban J connectivity index is 1.95. The number of pyridine rings is 1. The third-order valence-electron chi connectivity index (χ3n) is 4.42. The van der Waals surface area contributed by atoms with Crippen molar-refractivity contribution in [1.82, 2.24) is 15.2 Å². The molecule has 0 aromatic carbocycles. The lowest BCUT2D eigenvalue weighted by molar-refractivity contribution is -0.133. The molecule has 1 aromatic heterocycles. The van der Waals surface area contributed by atoms with Crippen LogP contribution < -0.4 is 5.32 Å². The first-order chi connectivity index (χ1) is 9.65. The third kappa shape index (κ3) is 1.88. The number of amides is 2. The predicted molar refractivity (Wildman–Crippen MR) is 74.2 cm³/mol. The smallest absolute Gasteiger partial charge is 0.273 e. The number of hydrogen-bond acceptors (Lipinski definition) is 3. The predicted octanol–water partition coefficient (Wildman–Crippen LogP) is 1.27. The van der Waals surface area contributed by atoms with Crippen LogP contribution in [-0.2, 0) is 4.79 Å². The van der Waals surface area contributed by atoms with E-state index in [-0.39, 0.29) is 11.8 Å². The molecule has 0 aliphatic carbocycles. The van der Waals surface area contributed by atoms with Crippen LogP contribution in [0, 0.1) is 6.92 Å². The number of aryl methyl sites for hydroxylation is 1. The minimum Gasteiger partial charge on any atom is -0.354 e. The highest BCUT2D eigenvalue weighted by Crippen LogP contribution is 2.36. The Morgan fingerprint density at radius 2 is 2.20 bits per heavy atom. The summed E-state index contributed by atoms with van der Waals surface area (Å²) in [7, 11) is 0. The van der Waals surface area contributed by atoms with Gasteiger partial charge in [-0.15, -0.1) is 0 Å². The molecule has 1 spiro atoms. The summed E-state index contributed by atoms with van der Waals surface area (Å²) < 4.78 is 0. The van der Waals surface area contributed by atoms with Gasteiger partial charge < -0.3 is 10.2 Å². The molecule has 0 bridgehead atoms. The summed E-state index contributed by atoms with van der Waals surface area (Å²) in [6.45, 7) is 3.23. The first-order valence-corrected chi connectivity index (χ1v) is 7.17. The number of nitrogens with one attached hydrogen (secondary N) is 1. The molecule has 1 unspecified atom stereocenters. The molecule has 2 amide bonds. The Morgan fingerprint density at radius 3 is 2.95 bits per heavy atom. The Morgan fingerprint density at radius 1 is 1.40 bits per heavy atom. The maximum atomic E-state index is 12.8. The largest absolute Gasteiger partial charge is 0.354 e. The average molecular weight is 273 g/mol. The number of carbonyl (C=O) groups excluding carboxylic acids is 2. The number of carbonyl (C=O) groups is 2. The van der Waals surface area contributed by atoms with Crippen LogP contribution >= 0.6 is 0 Å². The third-order valence-corrected chi connectivity index (χ3v) is 4.42. The zero-order chi connectivity index (χ0) is 14.2. The lowest BCUT2D eigenvalue weighted by atomic mass is 9.86. The van der Waals surface area contributed by atoms with Gasteiger partial charge in [0.05, 0.1) is 0 Å². The average Bonchev–Trinajstić information content (AvgIpc) is 2.87. The molecule has 2 fully saturated rings. The maximum Gasteiger partial charge on any atom is 0.273 e. The monoisotopic (exact) mass is 273 g/mol. The maximum absolute atomic E-state index is 12.8. The van der Waals surface area contributed by atoms with E-state index in [4.69, 9.17) is 0 Å².